The van der Waals surface area contributed by atoms with E-state index in [9.17, 15) is 59.6 Å². The molecule has 340 valence electrons. The molecule has 1 aromatic heterocycles. The second kappa shape index (κ2) is 39.0. The van der Waals surface area contributed by atoms with Crippen LogP contribution in [0.4, 0.5) is 5.82 Å². The molecule has 0 saturated carbocycles. The largest absolute Gasteiger partial charge is 1.00 e. The van der Waals surface area contributed by atoms with Crippen molar-refractivity contribution in [2.24, 2.45) is 0 Å². The molecule has 2 saturated heterocycles. The monoisotopic (exact) mass is 895 g/mol. The maximum atomic E-state index is 12.7. The quantitative estimate of drug-likeness (QED) is 0.0656. The third-order valence-electron chi connectivity index (χ3n) is 6.59. The molecule has 10 N–H and O–H groups in total. The number of rotatable bonds is 13. The number of hydrogen-bond donors (Lipinski definition) is 9. The first-order valence-electron chi connectivity index (χ1n) is 19.4. The summed E-state index contributed by atoms with van der Waals surface area (Å²) < 4.78 is 33.3. The van der Waals surface area contributed by atoms with E-state index in [1.807, 2.05) is 55.4 Å². The van der Waals surface area contributed by atoms with Crippen molar-refractivity contribution in [1.82, 2.24) is 20.2 Å². The molecule has 0 aromatic carbocycles. The number of nitrogens with two attached hydrogens (primary N) is 1. The Morgan fingerprint density at radius 3 is 1.95 bits per heavy atom. The second-order valence-corrected chi connectivity index (χ2v) is 12.4. The molecule has 11 atom stereocenters. The second-order valence-electron chi connectivity index (χ2n) is 11.1. The van der Waals surface area contributed by atoms with Gasteiger partial charge < -0.3 is 75.8 Å². The summed E-state index contributed by atoms with van der Waals surface area (Å²) in [6.45, 7) is 22.0. The van der Waals surface area contributed by atoms with E-state index >= 15 is 0 Å². The Hall–Kier alpha value is -0.630. The van der Waals surface area contributed by atoms with Crippen molar-refractivity contribution in [2.45, 2.75) is 163 Å². The number of nitrogens with zero attached hydrogens (tertiary/aromatic N) is 2. The molecule has 3 heterocycles. The van der Waals surface area contributed by atoms with Gasteiger partial charge in [0, 0.05) is 12.6 Å². The van der Waals surface area contributed by atoms with E-state index < -0.39 is 106 Å². The molecule has 2 aliphatic rings. The number of ether oxygens (including phenoxy) is 2. The third-order valence-corrected chi connectivity index (χ3v) is 7.57. The van der Waals surface area contributed by atoms with E-state index in [1.54, 1.807) is 0 Å². The first-order valence-corrected chi connectivity index (χ1v) is 20.9. The van der Waals surface area contributed by atoms with E-state index in [1.165, 1.54) is 26.0 Å². The van der Waals surface area contributed by atoms with Crippen molar-refractivity contribution in [1.29, 1.82) is 0 Å². The molecule has 1 aromatic rings. The summed E-state index contributed by atoms with van der Waals surface area (Å²) in [7, 11) is -4.42. The van der Waals surface area contributed by atoms with Crippen LogP contribution in [0.2, 0.25) is 0 Å². The van der Waals surface area contributed by atoms with E-state index in [0.29, 0.717) is 0 Å². The van der Waals surface area contributed by atoms with Crippen LogP contribution in [-0.4, -0.2) is 133 Å². The normalized spacial score (nSPS) is 25.7. The van der Waals surface area contributed by atoms with Crippen molar-refractivity contribution in [3.05, 3.63) is 22.7 Å². The number of nitrogens with one attached hydrogen (secondary N) is 2. The molecule has 59 heavy (non-hydrogen) atoms. The van der Waals surface area contributed by atoms with Crippen LogP contribution in [0.25, 0.3) is 0 Å². The van der Waals surface area contributed by atoms with Gasteiger partial charge in [-0.3, -0.25) is 18.5 Å². The summed E-state index contributed by atoms with van der Waals surface area (Å²) in [5.41, 5.74) is 4.44. The van der Waals surface area contributed by atoms with Crippen molar-refractivity contribution in [3.63, 3.8) is 0 Å². The number of carbonyl (C=O) groups is 2. The van der Waals surface area contributed by atoms with Crippen LogP contribution in [0.5, 0.6) is 0 Å². The molecule has 0 aliphatic carbocycles. The van der Waals surface area contributed by atoms with Crippen LogP contribution >= 0.6 is 7.82 Å². The zero-order valence-electron chi connectivity index (χ0n) is 37.8. The van der Waals surface area contributed by atoms with Gasteiger partial charge in [0.1, 0.15) is 48.4 Å². The van der Waals surface area contributed by atoms with E-state index in [4.69, 9.17) is 15.2 Å². The molecular formula is C35H72N5Na2O16P. The summed E-state index contributed by atoms with van der Waals surface area (Å²) in [5, 5.41) is 77.8. The maximum absolute atomic E-state index is 12.7. The molecular weight excluding hydrogens is 823 g/mol. The fourth-order valence-corrected chi connectivity index (χ4v) is 5.40. The van der Waals surface area contributed by atoms with Gasteiger partial charge in [-0.1, -0.05) is 95.9 Å². The van der Waals surface area contributed by atoms with E-state index in [2.05, 4.69) is 52.4 Å². The molecule has 9 unspecified atom stereocenters. The molecule has 0 bridgehead atoms. The molecule has 2 fully saturated rings. The van der Waals surface area contributed by atoms with E-state index in [0.717, 1.165) is 10.8 Å². The number of carbonyl (C=O) groups excluding carboxylic acids is 2. The van der Waals surface area contributed by atoms with Gasteiger partial charge in [0.15, 0.2) is 6.23 Å². The zero-order valence-corrected chi connectivity index (χ0v) is 42.7. The Bertz CT molecular complexity index is 1310. The maximum Gasteiger partial charge on any atom is 1.00 e. The van der Waals surface area contributed by atoms with Crippen molar-refractivity contribution < 1.29 is 132 Å². The minimum Gasteiger partial charge on any atom is -0.756 e. The van der Waals surface area contributed by atoms with Crippen LogP contribution in [0.3, 0.4) is 0 Å². The SMILES string of the molecule is CC.CC.CC.CC.CCC.CCC.CNCC(=O)NC1C(O)CC(OP(=O)([O-])OCC2OC(n3ccc(N)nc3=O)C(O)C2O)(C(=O)[O-])OC1[C@H](O)[C@H](O)CO.[Na+].[Na+]. The number of aliphatic hydroxyl groups excluding tert-OH is 6. The average molecular weight is 896 g/mol. The summed E-state index contributed by atoms with van der Waals surface area (Å²) in [6, 6.07) is -0.460. The van der Waals surface area contributed by atoms with E-state index in [-0.39, 0.29) is 71.5 Å². The minimum absolute atomic E-state index is 0. The van der Waals surface area contributed by atoms with Gasteiger partial charge in [-0.25, -0.2) is 4.79 Å². The van der Waals surface area contributed by atoms with Gasteiger partial charge in [-0.2, -0.15) is 4.98 Å². The fourth-order valence-electron chi connectivity index (χ4n) is 4.46. The average Bonchev–Trinajstić information content (AvgIpc) is 3.46. The summed E-state index contributed by atoms with van der Waals surface area (Å²) in [6.07, 6.45) is -12.7. The Balaban J connectivity index is -0.000000391. The van der Waals surface area contributed by atoms with Crippen molar-refractivity contribution in [3.8, 4) is 0 Å². The standard InChI is InChI=1S/C21H34N5O16P.2C3H8.4C2H6.2Na/c1-23-5-12(30)25-13-8(28)4-21(19(34)35,41-17(13)14(31)9(29)6-27)42-43(37,38)39-7-10-15(32)16(33)18(40-10)26-3-2-11(22)24-20(26)36;2*1-3-2;4*1-2;;/h2-3,8-10,13-18,23,27-29,31-33H,4-7H2,1H3,(H,25,30)(H,34,35)(H,37,38)(H2,22,24,36);2*3H2,1-2H3;4*1-2H3;;/q;;;;;;;2*+1/p-2/t8?,9-,10?,13?,14-,15?,16?,17?,18?,21?;;;;;;;;/m1......../s1. The molecule has 24 heteroatoms. The smallest absolute Gasteiger partial charge is 0.756 e. The topological polar surface area (TPSA) is 341 Å². The number of phosphoric acid groups is 1. The number of aliphatic hydroxyl groups is 6. The van der Waals surface area contributed by atoms with Crippen molar-refractivity contribution >= 4 is 25.5 Å². The third kappa shape index (κ3) is 24.1. The predicted octanol–water partition coefficient (Wildman–Crippen LogP) is -7.09. The number of likely N-dealkylation sites (N-methyl/N-ethyl adjacent to an activating group) is 1. The number of carboxylic acid groups (broad SMARTS) is 1. The number of carboxylic acids is 1. The molecule has 2 aliphatic heterocycles. The number of aliphatic carboxylic acids is 1. The molecule has 21 nitrogen and oxygen atoms in total. The number of anilines is 1. The van der Waals surface area contributed by atoms with Gasteiger partial charge in [-0.15, -0.1) is 0 Å². The van der Waals surface area contributed by atoms with Gasteiger partial charge >= 0.3 is 64.8 Å². The molecule has 1 amide bonds. The fraction of sp³-hybridized carbons (Fsp3) is 0.829. The molecule has 0 spiro atoms. The minimum atomic E-state index is -5.83. The van der Waals surface area contributed by atoms with Gasteiger partial charge in [0.2, 0.25) is 11.7 Å². The first-order chi connectivity index (χ1) is 26.9. The zero-order chi connectivity index (χ0) is 45.7. The van der Waals surface area contributed by atoms with Gasteiger partial charge in [0.05, 0.1) is 31.9 Å². The summed E-state index contributed by atoms with van der Waals surface area (Å²) >= 11 is 0. The van der Waals surface area contributed by atoms with Crippen LogP contribution < -0.4 is 91.2 Å². The van der Waals surface area contributed by atoms with Crippen LogP contribution in [0.1, 0.15) is 109 Å². The molecule has 3 rings (SSSR count). The van der Waals surface area contributed by atoms with Crippen LogP contribution in [0, 0.1) is 0 Å². The Morgan fingerprint density at radius 1 is 1.03 bits per heavy atom. The predicted molar refractivity (Wildman–Crippen MR) is 209 cm³/mol. The van der Waals surface area contributed by atoms with Gasteiger partial charge in [0.25, 0.3) is 7.82 Å². The Labute approximate surface area is 394 Å². The van der Waals surface area contributed by atoms with Crippen LogP contribution in [0.15, 0.2) is 17.1 Å². The van der Waals surface area contributed by atoms with Crippen molar-refractivity contribution in [2.75, 3.05) is 32.5 Å². The van der Waals surface area contributed by atoms with Crippen LogP contribution in [-0.2, 0) is 32.7 Å². The number of phosphoric ester groups is 1. The number of hydrogen-bond acceptors (Lipinski definition) is 19. The number of aromatic nitrogens is 2. The summed E-state index contributed by atoms with van der Waals surface area (Å²) in [4.78, 5) is 52.5. The first kappa shape index (κ1) is 70.0. The summed E-state index contributed by atoms with van der Waals surface area (Å²) in [5.74, 6) is -6.72. The number of amides is 1. The van der Waals surface area contributed by atoms with Gasteiger partial charge in [-0.05, 0) is 13.1 Å². The Morgan fingerprint density at radius 2 is 1.53 bits per heavy atom. The number of nitrogen functional groups attached to an aromatic ring is 1. The Kier molecular flexibility index (Phi) is 46.3. The molecule has 0 radical (unpaired) electrons.